The van der Waals surface area contributed by atoms with Gasteiger partial charge >= 0.3 is 6.09 Å². The van der Waals surface area contributed by atoms with Crippen LogP contribution in [0.2, 0.25) is 0 Å². The van der Waals surface area contributed by atoms with Crippen LogP contribution in [0.25, 0.3) is 0 Å². The van der Waals surface area contributed by atoms with Crippen molar-refractivity contribution in [2.45, 2.75) is 63.6 Å². The fourth-order valence-electron chi connectivity index (χ4n) is 5.10. The van der Waals surface area contributed by atoms with Crippen molar-refractivity contribution in [2.75, 3.05) is 37.8 Å². The number of thioether (sulfide) groups is 1. The van der Waals surface area contributed by atoms with Gasteiger partial charge < -0.3 is 9.64 Å². The van der Waals surface area contributed by atoms with Crippen molar-refractivity contribution in [2.24, 2.45) is 0 Å². The Morgan fingerprint density at radius 2 is 1.79 bits per heavy atom. The van der Waals surface area contributed by atoms with E-state index in [0.29, 0.717) is 24.8 Å². The molecule has 3 aliphatic rings. The predicted molar refractivity (Wildman–Crippen MR) is 131 cm³/mol. The third kappa shape index (κ3) is 5.66. The zero-order chi connectivity index (χ0) is 24.5. The highest BCUT2D eigenvalue weighted by atomic mass is 32.2. The van der Waals surface area contributed by atoms with Crippen molar-refractivity contribution in [1.82, 2.24) is 14.7 Å². The SMILES string of the molecule is CC(C)(C)OC(=O)N1C[C@@H](N2CCC(c3ccc([N+](=O)[O-])cc3)CC2)C[C@H]1C(=O)N1CCSC1. The Balaban J connectivity index is 1.41. The largest absolute Gasteiger partial charge is 0.444 e. The lowest BCUT2D eigenvalue weighted by atomic mass is 9.88. The fourth-order valence-corrected chi connectivity index (χ4v) is 6.05. The number of ether oxygens (including phenoxy) is 1. The first-order valence-corrected chi connectivity index (χ1v) is 13.1. The molecule has 34 heavy (non-hydrogen) atoms. The van der Waals surface area contributed by atoms with E-state index in [1.807, 2.05) is 37.8 Å². The Kier molecular flexibility index (Phi) is 7.37. The first kappa shape index (κ1) is 24.8. The lowest BCUT2D eigenvalue weighted by Crippen LogP contribution is -2.48. The first-order valence-electron chi connectivity index (χ1n) is 12.0. The zero-order valence-electron chi connectivity index (χ0n) is 20.1. The summed E-state index contributed by atoms with van der Waals surface area (Å²) in [5.74, 6) is 2.01. The number of benzene rings is 1. The second-order valence-corrected chi connectivity index (χ2v) is 11.4. The van der Waals surface area contributed by atoms with Crippen LogP contribution in [0.4, 0.5) is 10.5 Å². The van der Waals surface area contributed by atoms with Crippen molar-refractivity contribution in [1.29, 1.82) is 0 Å². The molecular weight excluding hydrogens is 456 g/mol. The maximum atomic E-state index is 13.3. The maximum absolute atomic E-state index is 13.3. The molecule has 3 aliphatic heterocycles. The minimum Gasteiger partial charge on any atom is -0.444 e. The number of hydrogen-bond donors (Lipinski definition) is 0. The minimum atomic E-state index is -0.616. The minimum absolute atomic E-state index is 0.0270. The molecule has 10 heteroatoms. The summed E-state index contributed by atoms with van der Waals surface area (Å²) in [5.41, 5.74) is 0.628. The van der Waals surface area contributed by atoms with E-state index in [-0.39, 0.29) is 22.6 Å². The molecule has 0 saturated carbocycles. The van der Waals surface area contributed by atoms with Crippen molar-refractivity contribution in [3.05, 3.63) is 39.9 Å². The van der Waals surface area contributed by atoms with E-state index in [0.717, 1.165) is 43.8 Å². The lowest BCUT2D eigenvalue weighted by molar-refractivity contribution is -0.384. The highest BCUT2D eigenvalue weighted by Crippen LogP contribution is 2.33. The second-order valence-electron chi connectivity index (χ2n) is 10.3. The van der Waals surface area contributed by atoms with Crippen molar-refractivity contribution in [3.63, 3.8) is 0 Å². The van der Waals surface area contributed by atoms with E-state index in [4.69, 9.17) is 4.74 Å². The average molecular weight is 491 g/mol. The molecule has 0 spiro atoms. The summed E-state index contributed by atoms with van der Waals surface area (Å²) < 4.78 is 5.65. The topological polar surface area (TPSA) is 96.2 Å². The van der Waals surface area contributed by atoms with E-state index in [1.165, 1.54) is 0 Å². The van der Waals surface area contributed by atoms with Gasteiger partial charge in [-0.05, 0) is 64.6 Å². The van der Waals surface area contributed by atoms with Gasteiger partial charge in [0.15, 0.2) is 0 Å². The van der Waals surface area contributed by atoms with Crippen LogP contribution in [-0.2, 0) is 9.53 Å². The standard InChI is InChI=1S/C24H34N4O5S/c1-24(2,3)33-23(30)27-15-20(14-21(27)22(29)26-12-13-34-16-26)25-10-8-18(9-11-25)17-4-6-19(7-5-17)28(31)32/h4-7,18,20-21H,8-16H2,1-3H3/t20-,21-/m0/s1. The van der Waals surface area contributed by atoms with Gasteiger partial charge in [0, 0.05) is 37.0 Å². The van der Waals surface area contributed by atoms with Crippen LogP contribution in [0.15, 0.2) is 24.3 Å². The smallest absolute Gasteiger partial charge is 0.411 e. The average Bonchev–Trinajstić information content (AvgIpc) is 3.48. The number of piperidine rings is 1. The summed E-state index contributed by atoms with van der Waals surface area (Å²) in [7, 11) is 0. The molecule has 4 rings (SSSR count). The molecule has 0 aliphatic carbocycles. The van der Waals surface area contributed by atoms with Crippen molar-refractivity contribution < 1.29 is 19.2 Å². The number of likely N-dealkylation sites (tertiary alicyclic amines) is 2. The predicted octanol–water partition coefficient (Wildman–Crippen LogP) is 3.69. The van der Waals surface area contributed by atoms with Gasteiger partial charge in [0.25, 0.3) is 5.69 Å². The summed E-state index contributed by atoms with van der Waals surface area (Å²) in [4.78, 5) is 42.7. The number of amides is 2. The number of hydrogen-bond acceptors (Lipinski definition) is 7. The van der Waals surface area contributed by atoms with E-state index in [2.05, 4.69) is 4.90 Å². The van der Waals surface area contributed by atoms with Gasteiger partial charge in [-0.1, -0.05) is 12.1 Å². The van der Waals surface area contributed by atoms with Crippen LogP contribution in [-0.4, -0.2) is 87.1 Å². The number of non-ortho nitro benzene ring substituents is 1. The number of rotatable bonds is 4. The number of nitro groups is 1. The Morgan fingerprint density at radius 1 is 1.12 bits per heavy atom. The van der Waals surface area contributed by atoms with Crippen LogP contribution in [0.5, 0.6) is 0 Å². The third-order valence-corrected chi connectivity index (χ3v) is 7.84. The van der Waals surface area contributed by atoms with Crippen LogP contribution in [0.1, 0.15) is 51.5 Å². The summed E-state index contributed by atoms with van der Waals surface area (Å²) in [6.07, 6.45) is 2.10. The zero-order valence-corrected chi connectivity index (χ0v) is 21.0. The number of nitrogens with zero attached hydrogens (tertiary/aromatic N) is 4. The molecule has 2 atom stereocenters. The van der Waals surface area contributed by atoms with Gasteiger partial charge in [0.05, 0.1) is 10.8 Å². The molecule has 0 radical (unpaired) electrons. The van der Waals surface area contributed by atoms with E-state index >= 15 is 0 Å². The summed E-state index contributed by atoms with van der Waals surface area (Å²) in [6, 6.07) is 6.51. The molecule has 1 aromatic rings. The molecule has 0 unspecified atom stereocenters. The van der Waals surface area contributed by atoms with Crippen LogP contribution in [0, 0.1) is 10.1 Å². The van der Waals surface area contributed by atoms with E-state index < -0.39 is 17.7 Å². The monoisotopic (exact) mass is 490 g/mol. The maximum Gasteiger partial charge on any atom is 0.411 e. The van der Waals surface area contributed by atoms with Gasteiger partial charge in [-0.3, -0.25) is 24.7 Å². The fraction of sp³-hybridized carbons (Fsp3) is 0.667. The van der Waals surface area contributed by atoms with Crippen LogP contribution in [0.3, 0.4) is 0 Å². The molecular formula is C24H34N4O5S. The van der Waals surface area contributed by atoms with Gasteiger partial charge in [0.1, 0.15) is 11.6 Å². The molecule has 3 fully saturated rings. The van der Waals surface area contributed by atoms with Crippen molar-refractivity contribution >= 4 is 29.4 Å². The molecule has 1 aromatic carbocycles. The Labute approximate surface area is 204 Å². The van der Waals surface area contributed by atoms with Gasteiger partial charge in [-0.25, -0.2) is 4.79 Å². The highest BCUT2D eigenvalue weighted by Gasteiger charge is 2.45. The Morgan fingerprint density at radius 3 is 2.35 bits per heavy atom. The molecule has 0 N–H and O–H groups in total. The van der Waals surface area contributed by atoms with E-state index in [1.54, 1.807) is 28.8 Å². The number of nitro benzene ring substituents is 1. The first-order chi connectivity index (χ1) is 16.1. The van der Waals surface area contributed by atoms with Gasteiger partial charge in [-0.2, -0.15) is 0 Å². The van der Waals surface area contributed by atoms with E-state index in [9.17, 15) is 19.7 Å². The summed E-state index contributed by atoms with van der Waals surface area (Å²) in [6.45, 7) is 8.49. The molecule has 0 aromatic heterocycles. The number of carbonyl (C=O) groups is 2. The van der Waals surface area contributed by atoms with Crippen LogP contribution < -0.4 is 0 Å². The van der Waals surface area contributed by atoms with Gasteiger partial charge in [-0.15, -0.1) is 11.8 Å². The molecule has 0 bridgehead atoms. The summed E-state index contributed by atoms with van der Waals surface area (Å²) >= 11 is 1.74. The number of carbonyl (C=O) groups excluding carboxylic acids is 2. The highest BCUT2D eigenvalue weighted by molar-refractivity contribution is 7.99. The molecule has 3 heterocycles. The van der Waals surface area contributed by atoms with Gasteiger partial charge in [0.2, 0.25) is 5.91 Å². The van der Waals surface area contributed by atoms with Crippen molar-refractivity contribution in [3.8, 4) is 0 Å². The van der Waals surface area contributed by atoms with Crippen LogP contribution >= 0.6 is 11.8 Å². The lowest BCUT2D eigenvalue weighted by Gasteiger charge is -2.36. The molecule has 186 valence electrons. The quantitative estimate of drug-likeness (QED) is 0.469. The molecule has 3 saturated heterocycles. The summed E-state index contributed by atoms with van der Waals surface area (Å²) in [5, 5.41) is 10.9. The normalized spacial score (nSPS) is 24.4. The third-order valence-electron chi connectivity index (χ3n) is 6.88. The Bertz CT molecular complexity index is 905. The second kappa shape index (κ2) is 10.1. The Hall–Kier alpha value is -2.33. The molecule has 9 nitrogen and oxygen atoms in total. The molecule has 2 amide bonds.